The topological polar surface area (TPSA) is 62.2 Å². The van der Waals surface area contributed by atoms with E-state index in [1.807, 2.05) is 20.8 Å². The highest BCUT2D eigenvalue weighted by Crippen LogP contribution is 2.35. The van der Waals surface area contributed by atoms with Crippen LogP contribution in [0.4, 0.5) is 4.79 Å². The second-order valence-corrected chi connectivity index (χ2v) is 12.6. The van der Waals surface area contributed by atoms with E-state index < -0.39 is 11.6 Å². The fourth-order valence-electron chi connectivity index (χ4n) is 6.19. The summed E-state index contributed by atoms with van der Waals surface area (Å²) in [7, 11) is 1.72. The molecule has 2 aromatic rings. The van der Waals surface area contributed by atoms with Crippen LogP contribution in [0.5, 0.6) is 11.5 Å². The summed E-state index contributed by atoms with van der Waals surface area (Å²) < 4.78 is 11.9. The quantitative estimate of drug-likeness (QED) is 0.374. The average Bonchev–Trinajstić information content (AvgIpc) is 3.30. The molecule has 1 N–H and O–H groups in total. The Morgan fingerprint density at radius 2 is 1.92 bits per heavy atom. The predicted octanol–water partition coefficient (Wildman–Crippen LogP) is 7.05. The number of carboxylic acid groups (broad SMARTS) is 1. The van der Waals surface area contributed by atoms with Gasteiger partial charge in [0, 0.05) is 36.8 Å². The van der Waals surface area contributed by atoms with Gasteiger partial charge in [0.25, 0.3) is 0 Å². The molecular formula is C33H46N2O4. The molecule has 0 unspecified atom stereocenters. The first kappa shape index (κ1) is 29.0. The van der Waals surface area contributed by atoms with E-state index in [1.54, 1.807) is 12.0 Å². The minimum absolute atomic E-state index is 0.0454. The van der Waals surface area contributed by atoms with E-state index in [-0.39, 0.29) is 6.04 Å². The first-order valence-corrected chi connectivity index (χ1v) is 14.3. The number of fused-ring (bicyclic) bond motifs is 1. The van der Waals surface area contributed by atoms with Crippen molar-refractivity contribution in [2.24, 2.45) is 5.92 Å². The fraction of sp³-hybridized carbons (Fsp3) is 0.545. The van der Waals surface area contributed by atoms with Crippen LogP contribution >= 0.6 is 0 Å². The Labute approximate surface area is 234 Å². The number of benzene rings is 2. The molecule has 0 spiro atoms. The van der Waals surface area contributed by atoms with Crippen LogP contribution in [-0.2, 0) is 19.4 Å². The van der Waals surface area contributed by atoms with E-state index in [0.29, 0.717) is 12.5 Å². The van der Waals surface area contributed by atoms with E-state index in [2.05, 4.69) is 62.1 Å². The summed E-state index contributed by atoms with van der Waals surface area (Å²) in [5, 5.41) is 9.80. The number of carbonyl (C=O) groups is 1. The maximum atomic E-state index is 11.9. The minimum Gasteiger partial charge on any atom is -0.496 e. The SMILES string of the molecule is COc1cc(CC(C)C)ccc1COc1ccc2c(c1)CCC(CN1CC[C@H](N(C(=O)O)C(C)(C)C)C1)=C2C. The number of amides is 1. The van der Waals surface area contributed by atoms with Gasteiger partial charge in [-0.15, -0.1) is 0 Å². The van der Waals surface area contributed by atoms with Crippen molar-refractivity contribution in [2.75, 3.05) is 26.7 Å². The third-order valence-corrected chi connectivity index (χ3v) is 8.05. The van der Waals surface area contributed by atoms with Crippen molar-refractivity contribution >= 4 is 11.7 Å². The largest absolute Gasteiger partial charge is 0.496 e. The molecule has 1 atom stereocenters. The number of hydrogen-bond donors (Lipinski definition) is 1. The molecule has 0 bridgehead atoms. The highest BCUT2D eigenvalue weighted by Gasteiger charge is 2.37. The molecule has 0 aromatic heterocycles. The van der Waals surface area contributed by atoms with Crippen molar-refractivity contribution in [1.82, 2.24) is 9.80 Å². The molecule has 1 fully saturated rings. The van der Waals surface area contributed by atoms with E-state index in [0.717, 1.165) is 62.4 Å². The van der Waals surface area contributed by atoms with Crippen molar-refractivity contribution in [2.45, 2.75) is 85.4 Å². The van der Waals surface area contributed by atoms with Crippen molar-refractivity contribution in [3.63, 3.8) is 0 Å². The van der Waals surface area contributed by atoms with Crippen LogP contribution in [0.1, 0.15) is 76.6 Å². The maximum absolute atomic E-state index is 11.9. The molecule has 6 nitrogen and oxygen atoms in total. The van der Waals surface area contributed by atoms with Gasteiger partial charge in [0.05, 0.1) is 7.11 Å². The van der Waals surface area contributed by atoms with E-state index >= 15 is 0 Å². The fourth-order valence-corrected chi connectivity index (χ4v) is 6.19. The molecule has 1 heterocycles. The zero-order valence-corrected chi connectivity index (χ0v) is 24.8. The summed E-state index contributed by atoms with van der Waals surface area (Å²) >= 11 is 0. The third kappa shape index (κ3) is 6.96. The highest BCUT2D eigenvalue weighted by atomic mass is 16.5. The number of allylic oxidation sites excluding steroid dienone is 1. The van der Waals surface area contributed by atoms with Gasteiger partial charge in [-0.2, -0.15) is 0 Å². The predicted molar refractivity (Wildman–Crippen MR) is 158 cm³/mol. The Hall–Kier alpha value is -2.99. The average molecular weight is 535 g/mol. The van der Waals surface area contributed by atoms with E-state index in [9.17, 15) is 9.90 Å². The summed E-state index contributed by atoms with van der Waals surface area (Å²) in [6.07, 6.45) is 3.12. The molecule has 6 heteroatoms. The lowest BCUT2D eigenvalue weighted by Crippen LogP contribution is -2.52. The van der Waals surface area contributed by atoms with Gasteiger partial charge in [-0.25, -0.2) is 4.79 Å². The number of ether oxygens (including phenoxy) is 2. The van der Waals surface area contributed by atoms with Crippen LogP contribution < -0.4 is 9.47 Å². The van der Waals surface area contributed by atoms with Gasteiger partial charge in [0.15, 0.2) is 0 Å². The van der Waals surface area contributed by atoms with Gasteiger partial charge in [-0.05, 0) is 99.8 Å². The Morgan fingerprint density at radius 1 is 1.15 bits per heavy atom. The maximum Gasteiger partial charge on any atom is 0.408 e. The van der Waals surface area contributed by atoms with Crippen LogP contribution in [0.3, 0.4) is 0 Å². The Bertz CT molecular complexity index is 1210. The van der Waals surface area contributed by atoms with Crippen molar-refractivity contribution in [3.8, 4) is 11.5 Å². The first-order valence-electron chi connectivity index (χ1n) is 14.3. The number of likely N-dealkylation sites (tertiary alicyclic amines) is 1. The Morgan fingerprint density at radius 3 is 2.59 bits per heavy atom. The Kier molecular flexibility index (Phi) is 8.95. The van der Waals surface area contributed by atoms with Gasteiger partial charge in [0.2, 0.25) is 0 Å². The smallest absolute Gasteiger partial charge is 0.408 e. The van der Waals surface area contributed by atoms with Crippen molar-refractivity contribution in [3.05, 3.63) is 64.2 Å². The van der Waals surface area contributed by atoms with Gasteiger partial charge in [-0.1, -0.05) is 37.6 Å². The van der Waals surface area contributed by atoms with Crippen LogP contribution in [0.15, 0.2) is 42.0 Å². The molecule has 2 aliphatic rings. The summed E-state index contributed by atoms with van der Waals surface area (Å²) in [4.78, 5) is 16.0. The number of rotatable bonds is 9. The molecule has 39 heavy (non-hydrogen) atoms. The summed E-state index contributed by atoms with van der Waals surface area (Å²) in [6, 6.07) is 12.9. The minimum atomic E-state index is -0.823. The lowest BCUT2D eigenvalue weighted by atomic mass is 9.86. The van der Waals surface area contributed by atoms with Crippen LogP contribution in [-0.4, -0.2) is 59.3 Å². The number of hydrogen-bond acceptors (Lipinski definition) is 4. The second kappa shape index (κ2) is 12.0. The third-order valence-electron chi connectivity index (χ3n) is 8.05. The molecule has 4 rings (SSSR count). The molecular weight excluding hydrogens is 488 g/mol. The molecule has 2 aromatic carbocycles. The first-order chi connectivity index (χ1) is 18.5. The number of methoxy groups -OCH3 is 1. The molecule has 212 valence electrons. The lowest BCUT2D eigenvalue weighted by Gasteiger charge is -2.38. The normalized spacial score (nSPS) is 17.9. The lowest BCUT2D eigenvalue weighted by molar-refractivity contribution is 0.0725. The summed E-state index contributed by atoms with van der Waals surface area (Å²) in [5.74, 6) is 2.37. The van der Waals surface area contributed by atoms with Gasteiger partial charge in [0.1, 0.15) is 18.1 Å². The van der Waals surface area contributed by atoms with E-state index in [4.69, 9.17) is 9.47 Å². The summed E-state index contributed by atoms with van der Waals surface area (Å²) in [5.41, 5.74) is 7.38. The van der Waals surface area contributed by atoms with Gasteiger partial charge >= 0.3 is 6.09 Å². The number of nitrogens with zero attached hydrogens (tertiary/aromatic N) is 2. The zero-order chi connectivity index (χ0) is 28.3. The number of aryl methyl sites for hydroxylation is 1. The molecule has 1 amide bonds. The second-order valence-electron chi connectivity index (χ2n) is 12.6. The zero-order valence-electron chi connectivity index (χ0n) is 24.8. The van der Waals surface area contributed by atoms with Crippen LogP contribution in [0, 0.1) is 5.92 Å². The summed E-state index contributed by atoms with van der Waals surface area (Å²) in [6.45, 7) is 15.7. The molecule has 1 aliphatic heterocycles. The van der Waals surface area contributed by atoms with E-state index in [1.165, 1.54) is 27.8 Å². The molecule has 1 saturated heterocycles. The van der Waals surface area contributed by atoms with Crippen LogP contribution in [0.2, 0.25) is 0 Å². The van der Waals surface area contributed by atoms with Crippen LogP contribution in [0.25, 0.3) is 5.57 Å². The van der Waals surface area contributed by atoms with Crippen molar-refractivity contribution in [1.29, 1.82) is 0 Å². The van der Waals surface area contributed by atoms with Gasteiger partial charge < -0.3 is 14.6 Å². The molecule has 1 aliphatic carbocycles. The highest BCUT2D eigenvalue weighted by molar-refractivity contribution is 5.72. The molecule has 0 radical (unpaired) electrons. The molecule has 0 saturated carbocycles. The van der Waals surface area contributed by atoms with Crippen molar-refractivity contribution < 1.29 is 19.4 Å². The Balaban J connectivity index is 1.40. The van der Waals surface area contributed by atoms with Gasteiger partial charge in [-0.3, -0.25) is 9.80 Å². The monoisotopic (exact) mass is 534 g/mol. The standard InChI is InChI=1S/C33H46N2O4/c1-22(2)16-24-8-9-27(31(17-24)38-7)21-39-29-12-13-30-23(3)26(11-10-25(30)18-29)19-34-15-14-28(20-34)35(32(36)37)33(4,5)6/h8-9,12-13,17-18,22,28H,10-11,14-16,19-21H2,1-7H3,(H,36,37)/t28-/m0/s1.